The molecule has 244 valence electrons. The summed E-state index contributed by atoms with van der Waals surface area (Å²) >= 11 is 0. The number of nitrogens with one attached hydrogen (secondary N) is 1. The molecule has 10 rings (SSSR count). The Hall–Kier alpha value is -4.22. The van der Waals surface area contributed by atoms with E-state index in [0.29, 0.717) is 25.3 Å². The van der Waals surface area contributed by atoms with Crippen LogP contribution in [-0.2, 0) is 35.8 Å². The third-order valence-corrected chi connectivity index (χ3v) is 11.5. The van der Waals surface area contributed by atoms with Crippen molar-refractivity contribution in [1.29, 1.82) is 0 Å². The molecule has 3 aliphatic heterocycles. The van der Waals surface area contributed by atoms with Gasteiger partial charge in [-0.15, -0.1) is 0 Å². The summed E-state index contributed by atoms with van der Waals surface area (Å²) in [6.45, 7) is 2.76. The number of fused-ring (bicyclic) bond motifs is 5. The molecule has 5 aliphatic rings. The highest BCUT2D eigenvalue weighted by Gasteiger charge is 2.60. The average molecular weight is 636 g/mol. The van der Waals surface area contributed by atoms with E-state index < -0.39 is 6.09 Å². The Kier molecular flexibility index (Phi) is 6.40. The lowest BCUT2D eigenvalue weighted by Crippen LogP contribution is -2.55. The van der Waals surface area contributed by atoms with Crippen LogP contribution in [0.4, 0.5) is 4.79 Å². The lowest BCUT2D eigenvalue weighted by atomic mass is 9.53. The third-order valence-electron chi connectivity index (χ3n) is 11.5. The zero-order chi connectivity index (χ0) is 32.0. The molecule has 11 nitrogen and oxygen atoms in total. The van der Waals surface area contributed by atoms with Gasteiger partial charge in [0.2, 0.25) is 0 Å². The number of aryl methyl sites for hydroxylation is 2. The first kappa shape index (κ1) is 29.0. The van der Waals surface area contributed by atoms with Gasteiger partial charge in [0, 0.05) is 79.2 Å². The normalized spacial score (nSPS) is 21.6. The van der Waals surface area contributed by atoms with Crippen molar-refractivity contribution in [1.82, 2.24) is 34.4 Å². The molecule has 3 spiro atoms. The second-order valence-electron chi connectivity index (χ2n) is 14.6. The van der Waals surface area contributed by atoms with Crippen LogP contribution in [0.5, 0.6) is 0 Å². The predicted octanol–water partition coefficient (Wildman–Crippen LogP) is 6.52. The van der Waals surface area contributed by atoms with Crippen LogP contribution in [0.15, 0.2) is 43.0 Å². The fourth-order valence-electron chi connectivity index (χ4n) is 8.90. The van der Waals surface area contributed by atoms with Crippen LogP contribution in [0.2, 0.25) is 0 Å². The number of amides is 1. The Morgan fingerprint density at radius 3 is 2.47 bits per heavy atom. The topological polar surface area (TPSA) is 123 Å². The smallest absolute Gasteiger partial charge is 0.407 e. The number of nitrogens with zero attached hydrogens (tertiary/aromatic N) is 6. The van der Waals surface area contributed by atoms with Gasteiger partial charge in [0.05, 0.1) is 41.4 Å². The minimum atomic E-state index is -0.820. The summed E-state index contributed by atoms with van der Waals surface area (Å²) in [5.41, 5.74) is 8.70. The Morgan fingerprint density at radius 1 is 0.957 bits per heavy atom. The maximum Gasteiger partial charge on any atom is 0.407 e. The fourth-order valence-corrected chi connectivity index (χ4v) is 8.90. The Morgan fingerprint density at radius 2 is 1.79 bits per heavy atom. The van der Waals surface area contributed by atoms with Crippen LogP contribution in [0, 0.1) is 5.41 Å². The van der Waals surface area contributed by atoms with Gasteiger partial charge in [-0.25, -0.2) is 9.78 Å². The van der Waals surface area contributed by atoms with Gasteiger partial charge >= 0.3 is 6.09 Å². The van der Waals surface area contributed by atoms with Crippen LogP contribution in [0.25, 0.3) is 44.3 Å². The van der Waals surface area contributed by atoms with Crippen LogP contribution in [-0.4, -0.2) is 70.9 Å². The second kappa shape index (κ2) is 10.4. The third kappa shape index (κ3) is 4.69. The fraction of sp³-hybridized carbons (Fsp3) is 0.500. The molecular formula is C36H41N7O4. The van der Waals surface area contributed by atoms with Gasteiger partial charge in [-0.2, -0.15) is 10.2 Å². The number of aromatic amines is 1. The average Bonchev–Trinajstić information content (AvgIpc) is 3.44. The van der Waals surface area contributed by atoms with Gasteiger partial charge in [0.25, 0.3) is 0 Å². The van der Waals surface area contributed by atoms with E-state index in [1.807, 2.05) is 48.2 Å². The number of likely N-dealkylation sites (tertiary alicyclic amines) is 1. The summed E-state index contributed by atoms with van der Waals surface area (Å²) in [4.78, 5) is 21.5. The van der Waals surface area contributed by atoms with E-state index in [2.05, 4.69) is 33.4 Å². The number of carboxylic acid groups (broad SMARTS) is 1. The standard InChI is InChI=1S/C29H29N7O3.C7H12O/c1-34-13-19(12-31-34)25-22(17-3-4-21-18(9-17)11-32-35(21)2)23-24-20(10-30-26(23)33-25)14-39-29(24)15-28(16-29)5-7-36(8-6-28)27(37)38;1-2-6-8-7(3-1)4-5-7/h3-4,9-13H,5-8,14-16H2,1-2H3,(H,30,33)(H,37,38);1-6H2. The highest BCUT2D eigenvalue weighted by atomic mass is 16.5. The van der Waals surface area contributed by atoms with Crippen LogP contribution in [0.3, 0.4) is 0 Å². The highest BCUT2D eigenvalue weighted by molar-refractivity contribution is 6.06. The van der Waals surface area contributed by atoms with Crippen LogP contribution in [0.1, 0.15) is 68.9 Å². The minimum Gasteiger partial charge on any atom is -0.465 e. The molecule has 4 aromatic heterocycles. The molecule has 5 aromatic rings. The molecule has 2 saturated carbocycles. The number of pyridine rings is 1. The van der Waals surface area contributed by atoms with Crippen LogP contribution < -0.4 is 0 Å². The largest absolute Gasteiger partial charge is 0.465 e. The Balaban J connectivity index is 0.000000329. The molecule has 0 bridgehead atoms. The number of hydrogen-bond acceptors (Lipinski definition) is 6. The summed E-state index contributed by atoms with van der Waals surface area (Å²) in [6, 6.07) is 6.50. The quantitative estimate of drug-likeness (QED) is 0.227. The maximum absolute atomic E-state index is 11.5. The number of rotatable bonds is 2. The summed E-state index contributed by atoms with van der Waals surface area (Å²) in [7, 11) is 3.88. The summed E-state index contributed by atoms with van der Waals surface area (Å²) < 4.78 is 15.9. The lowest BCUT2D eigenvalue weighted by molar-refractivity contribution is -0.181. The molecule has 0 unspecified atom stereocenters. The maximum atomic E-state index is 11.5. The van der Waals surface area contributed by atoms with Crippen molar-refractivity contribution in [2.24, 2.45) is 19.5 Å². The van der Waals surface area contributed by atoms with E-state index in [4.69, 9.17) is 14.5 Å². The molecule has 7 heterocycles. The number of ether oxygens (including phenoxy) is 2. The molecule has 0 radical (unpaired) electrons. The number of aromatic nitrogens is 6. The van der Waals surface area contributed by atoms with Crippen molar-refractivity contribution >= 4 is 28.0 Å². The van der Waals surface area contributed by atoms with E-state index in [9.17, 15) is 9.90 Å². The molecule has 11 heteroatoms. The van der Waals surface area contributed by atoms with Crippen molar-refractivity contribution in [3.05, 3.63) is 54.1 Å². The van der Waals surface area contributed by atoms with E-state index in [0.717, 1.165) is 82.2 Å². The van der Waals surface area contributed by atoms with Gasteiger partial charge in [0.1, 0.15) is 5.65 Å². The van der Waals surface area contributed by atoms with E-state index >= 15 is 0 Å². The van der Waals surface area contributed by atoms with Gasteiger partial charge in [-0.1, -0.05) is 6.07 Å². The zero-order valence-corrected chi connectivity index (χ0v) is 27.1. The molecule has 2 aliphatic carbocycles. The molecule has 1 aromatic carbocycles. The first-order chi connectivity index (χ1) is 22.8. The minimum absolute atomic E-state index is 0.125. The molecule has 2 N–H and O–H groups in total. The van der Waals surface area contributed by atoms with Gasteiger partial charge < -0.3 is 24.5 Å². The van der Waals surface area contributed by atoms with E-state index in [-0.39, 0.29) is 11.0 Å². The molecule has 2 saturated heterocycles. The monoisotopic (exact) mass is 635 g/mol. The molecular weight excluding hydrogens is 594 g/mol. The first-order valence-electron chi connectivity index (χ1n) is 17.0. The lowest BCUT2D eigenvalue weighted by Gasteiger charge is -2.57. The first-order valence-corrected chi connectivity index (χ1v) is 17.0. The number of piperidine rings is 1. The molecule has 47 heavy (non-hydrogen) atoms. The number of carbonyl (C=O) groups is 1. The Labute approximate surface area is 272 Å². The van der Waals surface area contributed by atoms with Crippen molar-refractivity contribution in [3.8, 4) is 22.4 Å². The van der Waals surface area contributed by atoms with Crippen molar-refractivity contribution < 1.29 is 19.4 Å². The van der Waals surface area contributed by atoms with Gasteiger partial charge in [-0.05, 0) is 80.9 Å². The Bertz CT molecular complexity index is 2010. The van der Waals surface area contributed by atoms with Crippen molar-refractivity contribution in [2.45, 2.75) is 75.6 Å². The number of hydrogen-bond donors (Lipinski definition) is 2. The summed E-state index contributed by atoms with van der Waals surface area (Å²) in [6.07, 6.45) is 17.3. The van der Waals surface area contributed by atoms with Crippen molar-refractivity contribution in [2.75, 3.05) is 19.7 Å². The van der Waals surface area contributed by atoms with E-state index in [1.165, 1.54) is 37.7 Å². The van der Waals surface area contributed by atoms with Gasteiger partial charge in [0.15, 0.2) is 0 Å². The predicted molar refractivity (Wildman–Crippen MR) is 177 cm³/mol. The zero-order valence-electron chi connectivity index (χ0n) is 27.1. The van der Waals surface area contributed by atoms with Crippen LogP contribution >= 0.6 is 0 Å². The SMILES string of the molecule is C1CCC2(CC2)OC1.Cn1cc(-c2[nH]c3ncc4c(c3c2-c2ccc3c(cnn3C)c2)C2(CC3(CCN(C(=O)O)CC3)C2)OC4)cn1. The summed E-state index contributed by atoms with van der Waals surface area (Å²) in [5.74, 6) is 0. The molecule has 1 amide bonds. The van der Waals surface area contributed by atoms with Gasteiger partial charge in [-0.3, -0.25) is 9.36 Å². The summed E-state index contributed by atoms with van der Waals surface area (Å²) in [5, 5.41) is 20.5. The van der Waals surface area contributed by atoms with Crippen molar-refractivity contribution in [3.63, 3.8) is 0 Å². The number of benzene rings is 1. The highest BCUT2D eigenvalue weighted by Crippen LogP contribution is 2.65. The molecule has 0 atom stereocenters. The van der Waals surface area contributed by atoms with E-state index in [1.54, 1.807) is 4.90 Å². The second-order valence-corrected chi connectivity index (χ2v) is 14.6. The number of H-pyrrole nitrogens is 1. The molecule has 4 fully saturated rings.